The van der Waals surface area contributed by atoms with E-state index in [2.05, 4.69) is 26.8 Å². The Kier molecular flexibility index (Phi) is 4.53. The molecule has 1 amide bonds. The Hall–Kier alpha value is -1.43. The van der Waals surface area contributed by atoms with Crippen LogP contribution in [-0.4, -0.2) is 56.7 Å². The van der Waals surface area contributed by atoms with E-state index in [0.29, 0.717) is 5.91 Å². The van der Waals surface area contributed by atoms with Crippen molar-refractivity contribution in [1.29, 1.82) is 0 Å². The number of amides is 1. The lowest BCUT2D eigenvalue weighted by atomic mass is 9.96. The minimum absolute atomic E-state index is 0.176. The molecule has 1 aromatic heterocycles. The van der Waals surface area contributed by atoms with E-state index < -0.39 is 0 Å². The van der Waals surface area contributed by atoms with Crippen LogP contribution in [0.4, 0.5) is 0 Å². The second-order valence-electron chi connectivity index (χ2n) is 6.10. The van der Waals surface area contributed by atoms with E-state index in [0.717, 1.165) is 57.9 Å². The minimum Gasteiger partial charge on any atom is -0.342 e. The van der Waals surface area contributed by atoms with Gasteiger partial charge in [-0.25, -0.2) is 9.67 Å². The van der Waals surface area contributed by atoms with Gasteiger partial charge >= 0.3 is 0 Å². The Morgan fingerprint density at radius 2 is 2.10 bits per heavy atom. The second-order valence-corrected chi connectivity index (χ2v) is 6.10. The van der Waals surface area contributed by atoms with Crippen LogP contribution in [0, 0.1) is 5.92 Å². The molecule has 0 bridgehead atoms. The predicted octanol–water partition coefficient (Wildman–Crippen LogP) is 1.13. The number of likely N-dealkylation sites (tertiary alicyclic amines) is 2. The van der Waals surface area contributed by atoms with Gasteiger partial charge in [0.2, 0.25) is 5.91 Å². The number of aryl methyl sites for hydroxylation is 1. The molecule has 0 aromatic carbocycles. The van der Waals surface area contributed by atoms with Gasteiger partial charge in [0.25, 0.3) is 0 Å². The van der Waals surface area contributed by atoms with Gasteiger partial charge in [0.05, 0.1) is 12.5 Å². The van der Waals surface area contributed by atoms with Crippen molar-refractivity contribution in [3.05, 3.63) is 12.2 Å². The molecule has 3 rings (SSSR count). The molecule has 1 aromatic rings. The first-order chi connectivity index (χ1) is 10.3. The summed E-state index contributed by atoms with van der Waals surface area (Å²) >= 11 is 0. The molecule has 6 heteroatoms. The summed E-state index contributed by atoms with van der Waals surface area (Å²) in [6.45, 7) is 7.57. The van der Waals surface area contributed by atoms with Crippen LogP contribution >= 0.6 is 0 Å². The molecule has 21 heavy (non-hydrogen) atoms. The number of hydrogen-bond acceptors (Lipinski definition) is 4. The molecule has 2 aliphatic heterocycles. The maximum atomic E-state index is 12.5. The van der Waals surface area contributed by atoms with Crippen molar-refractivity contribution in [1.82, 2.24) is 24.6 Å². The Bertz CT molecular complexity index is 480. The normalized spacial score (nSPS) is 23.7. The van der Waals surface area contributed by atoms with Crippen LogP contribution in [0.3, 0.4) is 0 Å². The Morgan fingerprint density at radius 1 is 1.29 bits per heavy atom. The topological polar surface area (TPSA) is 54.3 Å². The highest BCUT2D eigenvalue weighted by Gasteiger charge is 2.30. The SMILES string of the molecule is CCn1ncnc1CN1CCC[C@H](C(=O)N2CCCC2)C1. The first-order valence-corrected chi connectivity index (χ1v) is 8.15. The summed E-state index contributed by atoms with van der Waals surface area (Å²) in [7, 11) is 0. The average Bonchev–Trinajstić information content (AvgIpc) is 3.18. The third kappa shape index (κ3) is 3.26. The Balaban J connectivity index is 1.59. The number of nitrogens with zero attached hydrogens (tertiary/aromatic N) is 5. The number of rotatable bonds is 4. The number of carbonyl (C=O) groups excluding carboxylic acids is 1. The van der Waals surface area contributed by atoms with Crippen LogP contribution in [0.15, 0.2) is 6.33 Å². The molecule has 2 saturated heterocycles. The standard InChI is InChI=1S/C15H25N5O/c1-2-20-14(16-12-17-20)11-18-7-5-6-13(10-18)15(21)19-8-3-4-9-19/h12-13H,2-11H2,1H3/t13-/m0/s1. The highest BCUT2D eigenvalue weighted by atomic mass is 16.2. The lowest BCUT2D eigenvalue weighted by molar-refractivity contribution is -0.136. The molecule has 6 nitrogen and oxygen atoms in total. The van der Waals surface area contributed by atoms with E-state index in [4.69, 9.17) is 0 Å². The third-order valence-corrected chi connectivity index (χ3v) is 4.63. The lowest BCUT2D eigenvalue weighted by Crippen LogP contribution is -2.44. The molecular weight excluding hydrogens is 266 g/mol. The second kappa shape index (κ2) is 6.56. The van der Waals surface area contributed by atoms with Gasteiger partial charge in [-0.15, -0.1) is 0 Å². The monoisotopic (exact) mass is 291 g/mol. The average molecular weight is 291 g/mol. The fraction of sp³-hybridized carbons (Fsp3) is 0.800. The van der Waals surface area contributed by atoms with Gasteiger partial charge in [-0.1, -0.05) is 0 Å². The lowest BCUT2D eigenvalue weighted by Gasteiger charge is -2.33. The summed E-state index contributed by atoms with van der Waals surface area (Å²) < 4.78 is 1.94. The fourth-order valence-electron chi connectivity index (χ4n) is 3.47. The summed E-state index contributed by atoms with van der Waals surface area (Å²) in [6, 6.07) is 0. The van der Waals surface area contributed by atoms with Crippen molar-refractivity contribution >= 4 is 5.91 Å². The Morgan fingerprint density at radius 3 is 2.86 bits per heavy atom. The van der Waals surface area contributed by atoms with E-state index in [1.54, 1.807) is 6.33 Å². The number of aromatic nitrogens is 3. The van der Waals surface area contributed by atoms with Crippen molar-refractivity contribution in [2.24, 2.45) is 5.92 Å². The maximum absolute atomic E-state index is 12.5. The van der Waals surface area contributed by atoms with E-state index in [1.165, 1.54) is 12.8 Å². The van der Waals surface area contributed by atoms with Gasteiger partial charge in [-0.05, 0) is 39.2 Å². The van der Waals surface area contributed by atoms with Gasteiger partial charge in [0, 0.05) is 26.2 Å². The van der Waals surface area contributed by atoms with Gasteiger partial charge in [0.1, 0.15) is 12.2 Å². The van der Waals surface area contributed by atoms with Gasteiger partial charge in [-0.2, -0.15) is 5.10 Å². The van der Waals surface area contributed by atoms with Gasteiger partial charge in [0.15, 0.2) is 0 Å². The molecule has 0 saturated carbocycles. The number of carbonyl (C=O) groups is 1. The van der Waals surface area contributed by atoms with Crippen LogP contribution < -0.4 is 0 Å². The summed E-state index contributed by atoms with van der Waals surface area (Å²) in [4.78, 5) is 21.3. The molecule has 0 spiro atoms. The largest absolute Gasteiger partial charge is 0.342 e. The van der Waals surface area contributed by atoms with Crippen LogP contribution in [0.25, 0.3) is 0 Å². The third-order valence-electron chi connectivity index (χ3n) is 4.63. The molecule has 2 aliphatic rings. The minimum atomic E-state index is 0.176. The maximum Gasteiger partial charge on any atom is 0.226 e. The van der Waals surface area contributed by atoms with Crippen LogP contribution in [-0.2, 0) is 17.9 Å². The van der Waals surface area contributed by atoms with Crippen molar-refractivity contribution in [3.63, 3.8) is 0 Å². The van der Waals surface area contributed by atoms with Crippen LogP contribution in [0.5, 0.6) is 0 Å². The highest BCUT2D eigenvalue weighted by Crippen LogP contribution is 2.22. The number of hydrogen-bond donors (Lipinski definition) is 0. The number of piperidine rings is 1. The summed E-state index contributed by atoms with van der Waals surface area (Å²) in [6.07, 6.45) is 6.09. The van der Waals surface area contributed by atoms with Crippen LogP contribution in [0.1, 0.15) is 38.4 Å². The first-order valence-electron chi connectivity index (χ1n) is 8.15. The molecule has 2 fully saturated rings. The molecule has 0 aliphatic carbocycles. The molecule has 0 N–H and O–H groups in total. The summed E-state index contributed by atoms with van der Waals surface area (Å²) in [5.74, 6) is 1.55. The van der Waals surface area contributed by atoms with Crippen molar-refractivity contribution in [2.45, 2.75) is 45.7 Å². The smallest absolute Gasteiger partial charge is 0.226 e. The van der Waals surface area contributed by atoms with Gasteiger partial charge in [-0.3, -0.25) is 9.69 Å². The highest BCUT2D eigenvalue weighted by molar-refractivity contribution is 5.79. The van der Waals surface area contributed by atoms with Crippen molar-refractivity contribution in [2.75, 3.05) is 26.2 Å². The first kappa shape index (κ1) is 14.5. The quantitative estimate of drug-likeness (QED) is 0.834. The molecule has 1 atom stereocenters. The summed E-state index contributed by atoms with van der Waals surface area (Å²) in [5, 5.41) is 4.22. The van der Waals surface area contributed by atoms with E-state index in [1.807, 2.05) is 4.68 Å². The van der Waals surface area contributed by atoms with Crippen molar-refractivity contribution < 1.29 is 4.79 Å². The van der Waals surface area contributed by atoms with Crippen LogP contribution in [0.2, 0.25) is 0 Å². The molecule has 0 radical (unpaired) electrons. The zero-order chi connectivity index (χ0) is 14.7. The zero-order valence-corrected chi connectivity index (χ0v) is 12.9. The molecule has 116 valence electrons. The van der Waals surface area contributed by atoms with Gasteiger partial charge < -0.3 is 4.90 Å². The van der Waals surface area contributed by atoms with Crippen molar-refractivity contribution in [3.8, 4) is 0 Å². The van der Waals surface area contributed by atoms with E-state index in [9.17, 15) is 4.79 Å². The zero-order valence-electron chi connectivity index (χ0n) is 12.9. The van der Waals surface area contributed by atoms with E-state index in [-0.39, 0.29) is 5.92 Å². The predicted molar refractivity (Wildman–Crippen MR) is 79.5 cm³/mol. The Labute approximate surface area is 126 Å². The fourth-order valence-corrected chi connectivity index (χ4v) is 3.47. The molecule has 0 unspecified atom stereocenters. The molecule has 3 heterocycles. The van der Waals surface area contributed by atoms with E-state index >= 15 is 0 Å². The summed E-state index contributed by atoms with van der Waals surface area (Å²) in [5.41, 5.74) is 0. The molecular formula is C15H25N5O.